The van der Waals surface area contributed by atoms with Gasteiger partial charge in [-0.15, -0.1) is 0 Å². The third-order valence-electron chi connectivity index (χ3n) is 3.75. The van der Waals surface area contributed by atoms with Crippen molar-refractivity contribution in [3.63, 3.8) is 0 Å². The summed E-state index contributed by atoms with van der Waals surface area (Å²) < 4.78 is 5.94. The molecule has 2 heterocycles. The van der Waals surface area contributed by atoms with Crippen LogP contribution in [0.4, 0.5) is 0 Å². The van der Waals surface area contributed by atoms with Crippen molar-refractivity contribution in [3.05, 3.63) is 74.0 Å². The minimum atomic E-state index is -0.729. The van der Waals surface area contributed by atoms with Gasteiger partial charge in [0.05, 0.1) is 17.2 Å². The van der Waals surface area contributed by atoms with Crippen LogP contribution in [-0.2, 0) is 0 Å². The highest BCUT2D eigenvalue weighted by molar-refractivity contribution is 6.30. The Hall–Kier alpha value is -2.91. The van der Waals surface area contributed by atoms with Crippen molar-refractivity contribution in [2.75, 3.05) is 0 Å². The summed E-state index contributed by atoms with van der Waals surface area (Å²) in [4.78, 5) is 12.5. The van der Waals surface area contributed by atoms with Gasteiger partial charge in [-0.1, -0.05) is 23.7 Å². The van der Waals surface area contributed by atoms with E-state index in [1.165, 1.54) is 6.07 Å². The zero-order chi connectivity index (χ0) is 16.7. The minimum Gasteiger partial charge on any atom is -0.440 e. The molecule has 1 atom stereocenters. The van der Waals surface area contributed by atoms with Crippen molar-refractivity contribution < 1.29 is 9.94 Å². The fraction of sp³-hybridized carbons (Fsp3) is 0.125. The van der Waals surface area contributed by atoms with Gasteiger partial charge in [-0.25, -0.2) is 0 Å². The number of nitrogens with zero attached hydrogens (tertiary/aromatic N) is 2. The molecular weight excluding hydrogens is 318 g/mol. The molecule has 0 spiro atoms. The quantitative estimate of drug-likeness (QED) is 0.781. The van der Waals surface area contributed by atoms with Gasteiger partial charge >= 0.3 is 0 Å². The summed E-state index contributed by atoms with van der Waals surface area (Å²) in [6, 6.07) is 10.2. The second-order valence-electron chi connectivity index (χ2n) is 5.16. The number of hydrogen-bond acceptors (Lipinski definition) is 5. The number of halogens is 1. The van der Waals surface area contributed by atoms with Gasteiger partial charge in [0.2, 0.25) is 5.88 Å². The molecule has 1 aromatic carbocycles. The Bertz CT molecular complexity index is 923. The van der Waals surface area contributed by atoms with E-state index < -0.39 is 11.5 Å². The smallest absolute Gasteiger partial charge is 0.291 e. The topological polar surface area (TPSA) is 101 Å². The van der Waals surface area contributed by atoms with Crippen molar-refractivity contribution in [1.82, 2.24) is 4.73 Å². The average molecular weight is 330 g/mol. The summed E-state index contributed by atoms with van der Waals surface area (Å²) in [6.45, 7) is 1.56. The van der Waals surface area contributed by atoms with Crippen molar-refractivity contribution in [3.8, 4) is 11.8 Å². The van der Waals surface area contributed by atoms with E-state index >= 15 is 0 Å². The van der Waals surface area contributed by atoms with Crippen LogP contribution in [0.2, 0.25) is 5.02 Å². The first-order valence-corrected chi connectivity index (χ1v) is 7.10. The van der Waals surface area contributed by atoms with E-state index in [2.05, 4.69) is 0 Å². The molecular formula is C16H12ClN3O3. The molecule has 3 rings (SSSR count). The third kappa shape index (κ3) is 2.31. The van der Waals surface area contributed by atoms with Gasteiger partial charge < -0.3 is 15.7 Å². The molecule has 116 valence electrons. The first-order valence-electron chi connectivity index (χ1n) is 6.73. The van der Waals surface area contributed by atoms with E-state index in [0.717, 1.165) is 0 Å². The number of ether oxygens (including phenoxy) is 1. The molecule has 6 nitrogen and oxygen atoms in total. The lowest BCUT2D eigenvalue weighted by molar-refractivity contribution is 0.165. The van der Waals surface area contributed by atoms with Crippen LogP contribution in [0.15, 0.2) is 46.6 Å². The molecule has 0 aliphatic carbocycles. The van der Waals surface area contributed by atoms with Gasteiger partial charge in [-0.05, 0) is 24.6 Å². The van der Waals surface area contributed by atoms with Crippen molar-refractivity contribution >= 4 is 11.6 Å². The van der Waals surface area contributed by atoms with Crippen molar-refractivity contribution in [1.29, 1.82) is 5.26 Å². The highest BCUT2D eigenvalue weighted by atomic mass is 35.5. The minimum absolute atomic E-state index is 0.0607. The van der Waals surface area contributed by atoms with E-state index in [4.69, 9.17) is 22.1 Å². The number of rotatable bonds is 1. The predicted molar refractivity (Wildman–Crippen MR) is 83.4 cm³/mol. The number of nitriles is 1. The van der Waals surface area contributed by atoms with Gasteiger partial charge in [0.1, 0.15) is 17.4 Å². The average Bonchev–Trinajstić information content (AvgIpc) is 2.52. The number of nitrogens with two attached hydrogens (primary N) is 1. The molecule has 1 aromatic heterocycles. The zero-order valence-corrected chi connectivity index (χ0v) is 12.8. The lowest BCUT2D eigenvalue weighted by Crippen LogP contribution is -2.31. The van der Waals surface area contributed by atoms with E-state index in [9.17, 15) is 15.3 Å². The van der Waals surface area contributed by atoms with Gasteiger partial charge in [0.15, 0.2) is 0 Å². The van der Waals surface area contributed by atoms with Crippen LogP contribution in [0.5, 0.6) is 5.75 Å². The zero-order valence-electron chi connectivity index (χ0n) is 12.1. The summed E-state index contributed by atoms with van der Waals surface area (Å²) in [5, 5.41) is 19.8. The van der Waals surface area contributed by atoms with E-state index in [1.807, 2.05) is 6.07 Å². The van der Waals surface area contributed by atoms with Crippen LogP contribution in [0.1, 0.15) is 22.7 Å². The lowest BCUT2D eigenvalue weighted by atomic mass is 9.84. The first-order chi connectivity index (χ1) is 10.9. The highest BCUT2D eigenvalue weighted by Gasteiger charge is 2.34. The Morgan fingerprint density at radius 2 is 2.04 bits per heavy atom. The molecule has 0 saturated carbocycles. The summed E-state index contributed by atoms with van der Waals surface area (Å²) in [7, 11) is 0. The van der Waals surface area contributed by atoms with Gasteiger partial charge in [-0.2, -0.15) is 9.99 Å². The molecule has 1 aliphatic heterocycles. The molecule has 0 saturated heterocycles. The lowest BCUT2D eigenvalue weighted by Gasteiger charge is -2.26. The van der Waals surface area contributed by atoms with E-state index in [1.54, 1.807) is 31.2 Å². The van der Waals surface area contributed by atoms with Crippen LogP contribution >= 0.6 is 11.6 Å². The second-order valence-corrected chi connectivity index (χ2v) is 5.59. The van der Waals surface area contributed by atoms with Crippen molar-refractivity contribution in [2.45, 2.75) is 12.8 Å². The number of aryl methyl sites for hydroxylation is 1. The Kier molecular flexibility index (Phi) is 3.51. The fourth-order valence-electron chi connectivity index (χ4n) is 2.63. The molecule has 3 N–H and O–H groups in total. The Labute approximate surface area is 136 Å². The van der Waals surface area contributed by atoms with Gasteiger partial charge in [-0.3, -0.25) is 4.79 Å². The molecule has 7 heteroatoms. The Morgan fingerprint density at radius 1 is 1.39 bits per heavy atom. The number of aromatic nitrogens is 1. The predicted octanol–water partition coefficient (Wildman–Crippen LogP) is 2.27. The summed E-state index contributed by atoms with van der Waals surface area (Å²) >= 11 is 5.89. The van der Waals surface area contributed by atoms with E-state index in [0.29, 0.717) is 21.0 Å². The van der Waals surface area contributed by atoms with Gasteiger partial charge in [0.25, 0.3) is 5.56 Å². The SMILES string of the molecule is Cc1cc2c(c(=O)n1O)C(c1ccc(Cl)cc1)C(C#N)=C(N)O2. The molecule has 2 aromatic rings. The number of allylic oxidation sites excluding steroid dienone is 1. The van der Waals surface area contributed by atoms with Gasteiger partial charge in [0, 0.05) is 11.1 Å². The number of hydrogen-bond donors (Lipinski definition) is 2. The molecule has 0 amide bonds. The number of pyridine rings is 1. The largest absolute Gasteiger partial charge is 0.440 e. The number of benzene rings is 1. The Morgan fingerprint density at radius 3 is 2.65 bits per heavy atom. The van der Waals surface area contributed by atoms with Crippen LogP contribution in [0.25, 0.3) is 0 Å². The van der Waals surface area contributed by atoms with E-state index in [-0.39, 0.29) is 22.8 Å². The maximum atomic E-state index is 12.5. The highest BCUT2D eigenvalue weighted by Crippen LogP contribution is 2.40. The first kappa shape index (κ1) is 15.0. The molecule has 0 radical (unpaired) electrons. The molecule has 23 heavy (non-hydrogen) atoms. The second kappa shape index (κ2) is 5.38. The monoisotopic (exact) mass is 329 g/mol. The Balaban J connectivity index is 2.33. The summed E-state index contributed by atoms with van der Waals surface area (Å²) in [5.41, 5.74) is 6.41. The molecule has 0 fully saturated rings. The molecule has 1 aliphatic rings. The molecule has 0 bridgehead atoms. The third-order valence-corrected chi connectivity index (χ3v) is 4.00. The standard InChI is InChI=1S/C16H12ClN3O3/c1-8-6-12-14(16(21)20(8)22)13(11(7-18)15(19)23-12)9-2-4-10(17)5-3-9/h2-6,13,22H,19H2,1H3. The summed E-state index contributed by atoms with van der Waals surface area (Å²) in [6.07, 6.45) is 0. The maximum Gasteiger partial charge on any atom is 0.291 e. The normalized spacial score (nSPS) is 16.5. The van der Waals surface area contributed by atoms with Crippen LogP contribution < -0.4 is 16.0 Å². The van der Waals surface area contributed by atoms with Crippen LogP contribution in [0, 0.1) is 18.3 Å². The van der Waals surface area contributed by atoms with Crippen LogP contribution in [0.3, 0.4) is 0 Å². The maximum absolute atomic E-state index is 12.5. The van der Waals surface area contributed by atoms with Crippen molar-refractivity contribution in [2.24, 2.45) is 5.73 Å². The summed E-state index contributed by atoms with van der Waals surface area (Å²) in [5.74, 6) is -0.559. The fourth-order valence-corrected chi connectivity index (χ4v) is 2.75. The van der Waals surface area contributed by atoms with Crippen LogP contribution in [-0.4, -0.2) is 9.94 Å². The number of fused-ring (bicyclic) bond motifs is 1. The molecule has 1 unspecified atom stereocenters.